The van der Waals surface area contributed by atoms with Crippen LogP contribution in [0.4, 0.5) is 0 Å². The fourth-order valence-corrected chi connectivity index (χ4v) is 0. The van der Waals surface area contributed by atoms with Crippen LogP contribution >= 0.6 is 0 Å². The molecule has 0 aliphatic heterocycles. The molecule has 0 saturated carbocycles. The molecule has 0 unspecified atom stereocenters. The van der Waals surface area contributed by atoms with Crippen molar-refractivity contribution >= 4 is 0 Å². The van der Waals surface area contributed by atoms with Gasteiger partial charge in [-0.1, -0.05) is 0 Å². The summed E-state index contributed by atoms with van der Waals surface area (Å²) in [5, 5.41) is 21.0. The Hall–Kier alpha value is 0.334. The van der Waals surface area contributed by atoms with E-state index in [-0.39, 0.29) is 21.7 Å². The van der Waals surface area contributed by atoms with E-state index in [1.165, 1.54) is 0 Å². The van der Waals surface area contributed by atoms with Crippen molar-refractivity contribution in [2.24, 2.45) is 0 Å². The van der Waals surface area contributed by atoms with E-state index in [9.17, 15) is 0 Å². The van der Waals surface area contributed by atoms with Crippen LogP contribution in [-0.2, 0) is 21.7 Å². The van der Waals surface area contributed by atoms with Gasteiger partial charge < -0.3 is 21.4 Å². The van der Waals surface area contributed by atoms with Gasteiger partial charge in [0.25, 0.3) is 0 Å². The summed E-state index contributed by atoms with van der Waals surface area (Å²) in [6, 6.07) is 0. The normalized spacial score (nSPS) is 3.10. The second-order valence-corrected chi connectivity index (χ2v) is 0.354. The quantitative estimate of drug-likeness (QED) is 0.362. The molecule has 0 radical (unpaired) electrons. The van der Waals surface area contributed by atoms with Crippen molar-refractivity contribution in [2.45, 2.75) is 6.92 Å². The van der Waals surface area contributed by atoms with Gasteiger partial charge in [0.05, 0.1) is 0 Å². The van der Waals surface area contributed by atoms with Gasteiger partial charge in [0.15, 0.2) is 0 Å². The van der Waals surface area contributed by atoms with Crippen LogP contribution in [0.1, 0.15) is 6.92 Å². The second-order valence-electron chi connectivity index (χ2n) is 0.354. The topological polar surface area (TPSA) is 60.7 Å². The van der Waals surface area contributed by atoms with E-state index in [1.54, 1.807) is 6.92 Å². The van der Waals surface area contributed by atoms with E-state index in [2.05, 4.69) is 12.7 Å². The molecule has 3 N–H and O–H groups in total. The van der Waals surface area contributed by atoms with Gasteiger partial charge in [-0.25, -0.2) is 0 Å². The minimum Gasteiger partial charge on any atom is -0.507 e. The first-order chi connectivity index (χ1) is 4.41. The van der Waals surface area contributed by atoms with Gasteiger partial charge in [-0.2, -0.15) is 6.92 Å². The SMILES string of the molecule is C=[C-]C.CO.CO.CO.[Ti]. The number of hydrogen-bond donors (Lipinski definition) is 3. The molecular formula is C6H17O3Ti-. The van der Waals surface area contributed by atoms with Gasteiger partial charge in [-0.3, -0.25) is 6.58 Å². The van der Waals surface area contributed by atoms with Crippen molar-refractivity contribution in [3.63, 3.8) is 0 Å². The van der Waals surface area contributed by atoms with Crippen molar-refractivity contribution in [2.75, 3.05) is 21.3 Å². The third-order valence-electron chi connectivity index (χ3n) is 0. The maximum Gasteiger partial charge on any atom is 0.0319 e. The number of rotatable bonds is 0. The number of aliphatic hydroxyl groups is 3. The molecule has 0 heterocycles. The summed E-state index contributed by atoms with van der Waals surface area (Å²) in [5.74, 6) is 0. The fourth-order valence-electron chi connectivity index (χ4n) is 0. The van der Waals surface area contributed by atoms with Crippen LogP contribution in [0.15, 0.2) is 6.58 Å². The first-order valence-corrected chi connectivity index (χ1v) is 2.20. The average Bonchev–Trinajstić information content (AvgIpc) is 2.01. The summed E-state index contributed by atoms with van der Waals surface area (Å²) in [6.45, 7) is 5.00. The van der Waals surface area contributed by atoms with Crippen LogP contribution in [0.5, 0.6) is 0 Å². The third kappa shape index (κ3) is 4010. The van der Waals surface area contributed by atoms with Crippen LogP contribution in [0, 0.1) is 6.08 Å². The van der Waals surface area contributed by atoms with E-state index in [0.717, 1.165) is 21.3 Å². The molecule has 0 saturated heterocycles. The fraction of sp³-hybridized carbons (Fsp3) is 0.667. The van der Waals surface area contributed by atoms with E-state index in [1.807, 2.05) is 0 Å². The van der Waals surface area contributed by atoms with Crippen molar-refractivity contribution in [1.82, 2.24) is 0 Å². The average molecular weight is 185 g/mol. The van der Waals surface area contributed by atoms with Gasteiger partial charge in [-0.05, 0) is 0 Å². The van der Waals surface area contributed by atoms with E-state index in [0.29, 0.717) is 0 Å². The summed E-state index contributed by atoms with van der Waals surface area (Å²) in [7, 11) is 3.00. The van der Waals surface area contributed by atoms with Crippen molar-refractivity contribution in [3.8, 4) is 0 Å². The Bertz CT molecular complexity index is 20.5. The molecule has 0 aliphatic rings. The van der Waals surface area contributed by atoms with Crippen LogP contribution in [-0.4, -0.2) is 36.6 Å². The minimum absolute atomic E-state index is 0. The maximum absolute atomic E-state index is 7.00. The summed E-state index contributed by atoms with van der Waals surface area (Å²) in [5.41, 5.74) is 0. The molecule has 0 aromatic carbocycles. The number of aliphatic hydroxyl groups excluding tert-OH is 3. The van der Waals surface area contributed by atoms with Gasteiger partial charge in [0, 0.05) is 43.0 Å². The summed E-state index contributed by atoms with van der Waals surface area (Å²) in [4.78, 5) is 0. The van der Waals surface area contributed by atoms with Crippen LogP contribution < -0.4 is 0 Å². The predicted molar refractivity (Wildman–Crippen MR) is 39.0 cm³/mol. The zero-order valence-corrected chi connectivity index (χ0v) is 8.61. The Labute approximate surface area is 78.3 Å². The molecule has 4 heteroatoms. The first kappa shape index (κ1) is 31.6. The molecule has 0 atom stereocenters. The Morgan fingerprint density at radius 1 is 0.900 bits per heavy atom. The molecule has 10 heavy (non-hydrogen) atoms. The molecule has 0 rings (SSSR count). The molecule has 0 fully saturated rings. The van der Waals surface area contributed by atoms with Crippen molar-refractivity contribution < 1.29 is 37.0 Å². The minimum atomic E-state index is 0. The molecule has 0 amide bonds. The second kappa shape index (κ2) is 364. The summed E-state index contributed by atoms with van der Waals surface area (Å²) in [6.07, 6.45) is 2.50. The van der Waals surface area contributed by atoms with E-state index < -0.39 is 0 Å². The first-order valence-electron chi connectivity index (χ1n) is 2.20. The van der Waals surface area contributed by atoms with E-state index >= 15 is 0 Å². The third-order valence-corrected chi connectivity index (χ3v) is 0. The van der Waals surface area contributed by atoms with Crippen LogP contribution in [0.3, 0.4) is 0 Å². The molecule has 0 aromatic heterocycles. The Kier molecular flexibility index (Phi) is 1150. The van der Waals surface area contributed by atoms with Crippen LogP contribution in [0.2, 0.25) is 0 Å². The maximum atomic E-state index is 7.00. The summed E-state index contributed by atoms with van der Waals surface area (Å²) >= 11 is 0. The predicted octanol–water partition coefficient (Wildman–Crippen LogP) is -0.182. The van der Waals surface area contributed by atoms with Gasteiger partial charge >= 0.3 is 0 Å². The molecule has 0 aromatic rings. The number of allylic oxidation sites excluding steroid dienone is 1. The van der Waals surface area contributed by atoms with Crippen molar-refractivity contribution in [1.29, 1.82) is 0 Å². The zero-order chi connectivity index (χ0) is 8.71. The van der Waals surface area contributed by atoms with Gasteiger partial charge in [-0.15, -0.1) is 0 Å². The zero-order valence-electron chi connectivity index (χ0n) is 7.05. The molecule has 0 bridgehead atoms. The molecule has 0 spiro atoms. The van der Waals surface area contributed by atoms with Gasteiger partial charge in [0.1, 0.15) is 0 Å². The molecule has 0 aliphatic carbocycles. The molecule has 64 valence electrons. The monoisotopic (exact) mass is 185 g/mol. The summed E-state index contributed by atoms with van der Waals surface area (Å²) < 4.78 is 0. The van der Waals surface area contributed by atoms with Crippen LogP contribution in [0.25, 0.3) is 0 Å². The largest absolute Gasteiger partial charge is 0.507 e. The standard InChI is InChI=1S/C3H5.3CH4O.Ti/c1-3-2;3*1-2;/h1H2,2H3;3*2H,1H3;/q-1;;;;. The van der Waals surface area contributed by atoms with Gasteiger partial charge in [0.2, 0.25) is 0 Å². The Balaban J connectivity index is -0.0000000110. The number of hydrogen-bond acceptors (Lipinski definition) is 3. The Morgan fingerprint density at radius 2 is 0.900 bits per heavy atom. The van der Waals surface area contributed by atoms with Crippen molar-refractivity contribution in [3.05, 3.63) is 12.7 Å². The molecule has 3 nitrogen and oxygen atoms in total. The molecular weight excluding hydrogens is 168 g/mol. The van der Waals surface area contributed by atoms with E-state index in [4.69, 9.17) is 15.3 Å². The smallest absolute Gasteiger partial charge is 0.0319 e. The Morgan fingerprint density at radius 3 is 0.900 bits per heavy atom.